The largest absolute Gasteiger partial charge is 0.493 e. The molecule has 0 bridgehead atoms. The SMILES string of the molecule is CC[C@@H](Oc1ccc([C@@H]2CCOc3cc4c(cc3C2)CN(Cc2cccc(F)c2)[C@H](C(=O)OC)C4)cc1)c1ccc(F)c(F)c1. The third-order valence-electron chi connectivity index (χ3n) is 8.86. The molecule has 0 saturated heterocycles. The number of hydrogen-bond donors (Lipinski definition) is 0. The van der Waals surface area contributed by atoms with Crippen LogP contribution in [-0.2, 0) is 35.5 Å². The zero-order valence-corrected chi connectivity index (χ0v) is 25.4. The van der Waals surface area contributed by atoms with E-state index in [0.717, 1.165) is 52.5 Å². The highest BCUT2D eigenvalue weighted by atomic mass is 19.2. The molecule has 5 nitrogen and oxygen atoms in total. The maximum Gasteiger partial charge on any atom is 0.323 e. The molecule has 0 unspecified atom stereocenters. The van der Waals surface area contributed by atoms with E-state index in [9.17, 15) is 18.0 Å². The Labute approximate surface area is 261 Å². The number of carbonyl (C=O) groups excluding carboxylic acids is 1. The molecule has 4 aromatic rings. The minimum absolute atomic E-state index is 0.223. The molecule has 3 atom stereocenters. The van der Waals surface area contributed by atoms with Crippen LogP contribution >= 0.6 is 0 Å². The van der Waals surface area contributed by atoms with E-state index in [0.29, 0.717) is 43.9 Å². The minimum Gasteiger partial charge on any atom is -0.493 e. The molecule has 0 N–H and O–H groups in total. The summed E-state index contributed by atoms with van der Waals surface area (Å²) in [4.78, 5) is 14.8. The van der Waals surface area contributed by atoms with Gasteiger partial charge in [-0.15, -0.1) is 0 Å². The van der Waals surface area contributed by atoms with E-state index in [4.69, 9.17) is 14.2 Å². The van der Waals surface area contributed by atoms with E-state index in [1.807, 2.05) is 30.0 Å². The van der Waals surface area contributed by atoms with Gasteiger partial charge in [0.2, 0.25) is 0 Å². The lowest BCUT2D eigenvalue weighted by molar-refractivity contribution is -0.148. The lowest BCUT2D eigenvalue weighted by atomic mass is 9.86. The van der Waals surface area contributed by atoms with Gasteiger partial charge < -0.3 is 14.2 Å². The van der Waals surface area contributed by atoms with Gasteiger partial charge in [0.1, 0.15) is 29.5 Å². The summed E-state index contributed by atoms with van der Waals surface area (Å²) in [5.74, 6) is -0.648. The number of rotatable bonds is 8. The fourth-order valence-corrected chi connectivity index (χ4v) is 6.47. The second kappa shape index (κ2) is 13.4. The Morgan fingerprint density at radius 1 is 0.933 bits per heavy atom. The number of esters is 1. The molecule has 0 spiro atoms. The van der Waals surface area contributed by atoms with Gasteiger partial charge in [-0.3, -0.25) is 9.69 Å². The van der Waals surface area contributed by atoms with Gasteiger partial charge >= 0.3 is 5.97 Å². The second-order valence-corrected chi connectivity index (χ2v) is 11.8. The van der Waals surface area contributed by atoms with Crippen LogP contribution in [0.15, 0.2) is 78.9 Å². The standard InChI is InChI=1S/C37H36F3NO4/c1-3-35(26-9-12-32(39)33(40)18-26)45-31-10-7-24(8-11-31)25-13-14-44-36-20-27-19-34(37(42)43-2)41(22-29(27)17-28(36)16-25)21-23-5-4-6-30(38)15-23/h4-12,15,17-18,20,25,34-35H,3,13-14,16,19,21-22H2,1-2H3/t25-,34+,35-/m1/s1. The van der Waals surface area contributed by atoms with E-state index in [-0.39, 0.29) is 17.7 Å². The number of methoxy groups -OCH3 is 1. The van der Waals surface area contributed by atoms with Crippen LogP contribution in [-0.4, -0.2) is 30.6 Å². The van der Waals surface area contributed by atoms with Crippen molar-refractivity contribution in [3.63, 3.8) is 0 Å². The molecule has 234 valence electrons. The van der Waals surface area contributed by atoms with E-state index in [2.05, 4.69) is 24.3 Å². The minimum atomic E-state index is -0.885. The number of fused-ring (bicyclic) bond motifs is 2. The molecule has 4 aromatic carbocycles. The maximum atomic E-state index is 13.9. The highest BCUT2D eigenvalue weighted by Crippen LogP contribution is 2.38. The van der Waals surface area contributed by atoms with Crippen molar-refractivity contribution >= 4 is 5.97 Å². The number of halogens is 3. The average molecular weight is 616 g/mol. The summed E-state index contributed by atoms with van der Waals surface area (Å²) in [5.41, 5.74) is 5.85. The summed E-state index contributed by atoms with van der Waals surface area (Å²) >= 11 is 0. The summed E-state index contributed by atoms with van der Waals surface area (Å²) in [6.07, 6.45) is 2.33. The van der Waals surface area contributed by atoms with Crippen molar-refractivity contribution < 1.29 is 32.2 Å². The Hall–Kier alpha value is -4.30. The average Bonchev–Trinajstić information content (AvgIpc) is 3.25. The normalized spacial score (nSPS) is 18.6. The van der Waals surface area contributed by atoms with Crippen LogP contribution in [0.2, 0.25) is 0 Å². The number of hydrogen-bond acceptors (Lipinski definition) is 5. The number of benzene rings is 4. The lowest BCUT2D eigenvalue weighted by Gasteiger charge is -2.35. The smallest absolute Gasteiger partial charge is 0.323 e. The molecule has 2 aliphatic heterocycles. The summed E-state index contributed by atoms with van der Waals surface area (Å²) in [5, 5.41) is 0. The van der Waals surface area contributed by atoms with Crippen LogP contribution in [0.1, 0.15) is 65.2 Å². The van der Waals surface area contributed by atoms with Crippen LogP contribution in [0.25, 0.3) is 0 Å². The second-order valence-electron chi connectivity index (χ2n) is 11.8. The number of ether oxygens (including phenoxy) is 3. The molecule has 8 heteroatoms. The zero-order valence-electron chi connectivity index (χ0n) is 25.4. The van der Waals surface area contributed by atoms with E-state index in [1.165, 1.54) is 25.3 Å². The molecule has 45 heavy (non-hydrogen) atoms. The first-order valence-corrected chi connectivity index (χ1v) is 15.4. The van der Waals surface area contributed by atoms with Crippen LogP contribution in [0.5, 0.6) is 11.5 Å². The summed E-state index contributed by atoms with van der Waals surface area (Å²) < 4.78 is 58.7. The van der Waals surface area contributed by atoms with Crippen LogP contribution in [0.3, 0.4) is 0 Å². The predicted octanol–water partition coefficient (Wildman–Crippen LogP) is 7.84. The van der Waals surface area contributed by atoms with Crippen molar-refractivity contribution in [2.24, 2.45) is 0 Å². The van der Waals surface area contributed by atoms with Gasteiger partial charge in [-0.25, -0.2) is 13.2 Å². The molecule has 6 rings (SSSR count). The summed E-state index contributed by atoms with van der Waals surface area (Å²) in [6.45, 7) is 3.47. The molecular formula is C37H36F3NO4. The number of carbonyl (C=O) groups is 1. The molecule has 2 heterocycles. The van der Waals surface area contributed by atoms with Crippen molar-refractivity contribution in [2.75, 3.05) is 13.7 Å². The molecule has 0 fully saturated rings. The van der Waals surface area contributed by atoms with Crippen LogP contribution in [0.4, 0.5) is 13.2 Å². The molecule has 0 amide bonds. The van der Waals surface area contributed by atoms with Crippen LogP contribution < -0.4 is 9.47 Å². The Morgan fingerprint density at radius 2 is 1.76 bits per heavy atom. The van der Waals surface area contributed by atoms with Gasteiger partial charge in [0.05, 0.1) is 13.7 Å². The first kappa shape index (κ1) is 30.7. The first-order chi connectivity index (χ1) is 21.8. The third-order valence-corrected chi connectivity index (χ3v) is 8.86. The van der Waals surface area contributed by atoms with Gasteiger partial charge in [0.25, 0.3) is 0 Å². The molecule has 2 aliphatic rings. The Kier molecular flexibility index (Phi) is 9.12. The fourth-order valence-electron chi connectivity index (χ4n) is 6.47. The van der Waals surface area contributed by atoms with Crippen molar-refractivity contribution in [1.82, 2.24) is 4.90 Å². The Balaban J connectivity index is 1.19. The molecule has 0 aliphatic carbocycles. The molecule has 0 saturated carbocycles. The predicted molar refractivity (Wildman–Crippen MR) is 165 cm³/mol. The summed E-state index contributed by atoms with van der Waals surface area (Å²) in [6, 6.07) is 22.1. The Morgan fingerprint density at radius 3 is 2.49 bits per heavy atom. The topological polar surface area (TPSA) is 48.0 Å². The zero-order chi connectivity index (χ0) is 31.5. The van der Waals surface area contributed by atoms with Gasteiger partial charge in [0, 0.05) is 13.1 Å². The van der Waals surface area contributed by atoms with Crippen molar-refractivity contribution in [2.45, 2.75) is 63.8 Å². The van der Waals surface area contributed by atoms with Crippen molar-refractivity contribution in [3.05, 3.63) is 130 Å². The highest BCUT2D eigenvalue weighted by Gasteiger charge is 2.34. The van der Waals surface area contributed by atoms with Crippen molar-refractivity contribution in [1.29, 1.82) is 0 Å². The molecule has 0 aromatic heterocycles. The Bertz CT molecular complexity index is 1680. The fraction of sp³-hybridized carbons (Fsp3) is 0.324. The third kappa shape index (κ3) is 6.86. The monoisotopic (exact) mass is 615 g/mol. The highest BCUT2D eigenvalue weighted by molar-refractivity contribution is 5.76. The van der Waals surface area contributed by atoms with E-state index < -0.39 is 23.8 Å². The molecule has 0 radical (unpaired) electrons. The van der Waals surface area contributed by atoms with Gasteiger partial charge in [-0.2, -0.15) is 0 Å². The van der Waals surface area contributed by atoms with Gasteiger partial charge in [0.15, 0.2) is 11.6 Å². The summed E-state index contributed by atoms with van der Waals surface area (Å²) in [7, 11) is 1.39. The first-order valence-electron chi connectivity index (χ1n) is 15.4. The lowest BCUT2D eigenvalue weighted by Crippen LogP contribution is -2.45. The van der Waals surface area contributed by atoms with Gasteiger partial charge in [-0.1, -0.05) is 43.3 Å². The van der Waals surface area contributed by atoms with E-state index >= 15 is 0 Å². The quantitative estimate of drug-likeness (QED) is 0.189. The maximum absolute atomic E-state index is 13.9. The van der Waals surface area contributed by atoms with Crippen LogP contribution in [0, 0.1) is 17.5 Å². The molecular weight excluding hydrogens is 579 g/mol. The van der Waals surface area contributed by atoms with E-state index in [1.54, 1.807) is 12.1 Å². The van der Waals surface area contributed by atoms with Gasteiger partial charge in [-0.05, 0) is 107 Å². The van der Waals surface area contributed by atoms with Crippen molar-refractivity contribution in [3.8, 4) is 11.5 Å². The number of nitrogens with zero attached hydrogens (tertiary/aromatic N) is 1.